The van der Waals surface area contributed by atoms with Crippen molar-refractivity contribution in [3.05, 3.63) is 35.0 Å². The highest BCUT2D eigenvalue weighted by Crippen LogP contribution is 2.27. The van der Waals surface area contributed by atoms with Crippen LogP contribution in [-0.4, -0.2) is 45.2 Å². The van der Waals surface area contributed by atoms with Crippen LogP contribution in [0.3, 0.4) is 0 Å². The molecule has 2 aromatic heterocycles. The summed E-state index contributed by atoms with van der Waals surface area (Å²) in [5.41, 5.74) is 7.08. The summed E-state index contributed by atoms with van der Waals surface area (Å²) >= 11 is 0. The van der Waals surface area contributed by atoms with Gasteiger partial charge in [0.15, 0.2) is 0 Å². The Labute approximate surface area is 145 Å². The zero-order valence-electron chi connectivity index (χ0n) is 14.5. The molecule has 134 valence electrons. The quantitative estimate of drug-likeness (QED) is 0.859. The van der Waals surface area contributed by atoms with Crippen LogP contribution in [-0.2, 0) is 0 Å². The molecule has 2 unspecified atom stereocenters. The lowest BCUT2D eigenvalue weighted by atomic mass is 9.94. The Morgan fingerprint density at radius 1 is 1.48 bits per heavy atom. The number of rotatable bonds is 5. The minimum absolute atomic E-state index is 0.0928. The van der Waals surface area contributed by atoms with Crippen LogP contribution in [0.1, 0.15) is 77.4 Å². The van der Waals surface area contributed by atoms with Crippen LogP contribution in [0.25, 0.3) is 0 Å². The lowest BCUT2D eigenvalue weighted by Crippen LogP contribution is -2.39. The first kappa shape index (κ1) is 17.2. The average Bonchev–Trinajstić information content (AvgIpc) is 3.30. The van der Waals surface area contributed by atoms with Crippen LogP contribution in [0.2, 0.25) is 0 Å². The van der Waals surface area contributed by atoms with Gasteiger partial charge in [0.25, 0.3) is 11.8 Å². The number of amides is 2. The molecule has 0 aliphatic carbocycles. The van der Waals surface area contributed by atoms with Gasteiger partial charge in [-0.2, -0.15) is 5.10 Å². The van der Waals surface area contributed by atoms with Gasteiger partial charge in [-0.25, -0.2) is 0 Å². The summed E-state index contributed by atoms with van der Waals surface area (Å²) in [4.78, 5) is 25.7. The SMILES string of the molecule is CCC(C)c1cc(C(=O)N2CCCC(c3cc(C(N)=O)n[nH]3)C2)on1. The van der Waals surface area contributed by atoms with Gasteiger partial charge in [0.1, 0.15) is 5.69 Å². The lowest BCUT2D eigenvalue weighted by molar-refractivity contribution is 0.0663. The first-order valence-corrected chi connectivity index (χ1v) is 8.60. The van der Waals surface area contributed by atoms with E-state index in [-0.39, 0.29) is 29.2 Å². The predicted octanol–water partition coefficient (Wildman–Crippen LogP) is 2.03. The number of H-pyrrole nitrogens is 1. The van der Waals surface area contributed by atoms with Crippen molar-refractivity contribution in [3.63, 3.8) is 0 Å². The molecule has 1 aliphatic rings. The standard InChI is InChI=1S/C17H23N5O3/c1-3-10(2)12-8-15(25-21-12)17(24)22-6-4-5-11(9-22)13-7-14(16(18)23)20-19-13/h7-8,10-11H,3-6,9H2,1-2H3,(H2,18,23)(H,19,20). The van der Waals surface area contributed by atoms with E-state index in [1.54, 1.807) is 17.0 Å². The van der Waals surface area contributed by atoms with Gasteiger partial charge >= 0.3 is 0 Å². The zero-order valence-corrected chi connectivity index (χ0v) is 14.5. The van der Waals surface area contributed by atoms with Crippen molar-refractivity contribution in [2.75, 3.05) is 13.1 Å². The molecule has 0 saturated carbocycles. The number of hydrogen-bond donors (Lipinski definition) is 2. The van der Waals surface area contributed by atoms with Crippen molar-refractivity contribution in [3.8, 4) is 0 Å². The van der Waals surface area contributed by atoms with Crippen LogP contribution >= 0.6 is 0 Å². The van der Waals surface area contributed by atoms with Gasteiger partial charge in [-0.1, -0.05) is 19.0 Å². The summed E-state index contributed by atoms with van der Waals surface area (Å²) in [5, 5.41) is 10.8. The largest absolute Gasteiger partial charge is 0.364 e. The molecule has 0 radical (unpaired) electrons. The molecule has 0 aromatic carbocycles. The Bertz CT molecular complexity index is 766. The summed E-state index contributed by atoms with van der Waals surface area (Å²) in [7, 11) is 0. The normalized spacial score (nSPS) is 19.0. The van der Waals surface area contributed by atoms with Crippen molar-refractivity contribution < 1.29 is 14.1 Å². The average molecular weight is 345 g/mol. The second kappa shape index (κ2) is 7.08. The van der Waals surface area contributed by atoms with Crippen molar-refractivity contribution >= 4 is 11.8 Å². The first-order valence-electron chi connectivity index (χ1n) is 8.60. The molecule has 3 N–H and O–H groups in total. The number of primary amides is 1. The van der Waals surface area contributed by atoms with E-state index in [9.17, 15) is 9.59 Å². The maximum absolute atomic E-state index is 12.7. The van der Waals surface area contributed by atoms with Gasteiger partial charge in [0.2, 0.25) is 5.76 Å². The van der Waals surface area contributed by atoms with Gasteiger partial charge in [0, 0.05) is 36.7 Å². The first-order chi connectivity index (χ1) is 12.0. The molecule has 2 amide bonds. The van der Waals surface area contributed by atoms with Crippen molar-refractivity contribution in [1.82, 2.24) is 20.3 Å². The highest BCUT2D eigenvalue weighted by molar-refractivity contribution is 5.92. The van der Waals surface area contributed by atoms with E-state index in [1.165, 1.54) is 0 Å². The maximum Gasteiger partial charge on any atom is 0.292 e. The second-order valence-electron chi connectivity index (χ2n) is 6.59. The number of aromatic amines is 1. The molecule has 3 heterocycles. The van der Waals surface area contributed by atoms with E-state index in [0.29, 0.717) is 13.1 Å². The summed E-state index contributed by atoms with van der Waals surface area (Å²) in [6, 6.07) is 3.40. The van der Waals surface area contributed by atoms with Gasteiger partial charge in [-0.15, -0.1) is 0 Å². The third-order valence-corrected chi connectivity index (χ3v) is 4.85. The Balaban J connectivity index is 1.70. The van der Waals surface area contributed by atoms with E-state index in [2.05, 4.69) is 29.2 Å². The Morgan fingerprint density at radius 2 is 2.28 bits per heavy atom. The highest BCUT2D eigenvalue weighted by Gasteiger charge is 2.29. The molecule has 2 aromatic rings. The third-order valence-electron chi connectivity index (χ3n) is 4.85. The molecule has 25 heavy (non-hydrogen) atoms. The van der Waals surface area contributed by atoms with Crippen LogP contribution in [0.4, 0.5) is 0 Å². The number of nitrogens with zero attached hydrogens (tertiary/aromatic N) is 3. The van der Waals surface area contributed by atoms with Crippen molar-refractivity contribution in [2.45, 2.75) is 44.9 Å². The number of nitrogens with two attached hydrogens (primary N) is 1. The number of likely N-dealkylation sites (tertiary alicyclic amines) is 1. The molecular formula is C17H23N5O3. The summed E-state index contributed by atoms with van der Waals surface area (Å²) in [6.07, 6.45) is 2.72. The van der Waals surface area contributed by atoms with E-state index < -0.39 is 5.91 Å². The Hall–Kier alpha value is -2.64. The molecule has 8 heteroatoms. The Kier molecular flexibility index (Phi) is 4.87. The summed E-state index contributed by atoms with van der Waals surface area (Å²) < 4.78 is 5.26. The summed E-state index contributed by atoms with van der Waals surface area (Å²) in [6.45, 7) is 5.34. The zero-order chi connectivity index (χ0) is 18.0. The third kappa shape index (κ3) is 3.57. The number of aromatic nitrogens is 3. The molecule has 1 fully saturated rings. The fourth-order valence-electron chi connectivity index (χ4n) is 3.07. The lowest BCUT2D eigenvalue weighted by Gasteiger charge is -2.31. The fraction of sp³-hybridized carbons (Fsp3) is 0.529. The minimum Gasteiger partial charge on any atom is -0.364 e. The number of piperidine rings is 1. The molecule has 1 aliphatic heterocycles. The fourth-order valence-corrected chi connectivity index (χ4v) is 3.07. The number of nitrogens with one attached hydrogen (secondary N) is 1. The van der Waals surface area contributed by atoms with Gasteiger partial charge in [-0.3, -0.25) is 14.7 Å². The van der Waals surface area contributed by atoms with E-state index in [4.69, 9.17) is 10.3 Å². The van der Waals surface area contributed by atoms with Crippen LogP contribution in [0, 0.1) is 0 Å². The number of hydrogen-bond acceptors (Lipinski definition) is 5. The smallest absolute Gasteiger partial charge is 0.292 e. The maximum atomic E-state index is 12.7. The molecule has 3 rings (SSSR count). The van der Waals surface area contributed by atoms with Crippen molar-refractivity contribution in [2.24, 2.45) is 5.73 Å². The predicted molar refractivity (Wildman–Crippen MR) is 90.2 cm³/mol. The van der Waals surface area contributed by atoms with Crippen LogP contribution < -0.4 is 5.73 Å². The van der Waals surface area contributed by atoms with E-state index in [0.717, 1.165) is 30.7 Å². The molecular weight excluding hydrogens is 322 g/mol. The van der Waals surface area contributed by atoms with E-state index in [1.807, 2.05) is 0 Å². The van der Waals surface area contributed by atoms with Crippen LogP contribution in [0.5, 0.6) is 0 Å². The Morgan fingerprint density at radius 3 is 2.96 bits per heavy atom. The van der Waals surface area contributed by atoms with Gasteiger partial charge in [0.05, 0.1) is 5.69 Å². The topological polar surface area (TPSA) is 118 Å². The minimum atomic E-state index is -0.564. The molecule has 8 nitrogen and oxygen atoms in total. The molecule has 1 saturated heterocycles. The molecule has 0 bridgehead atoms. The monoisotopic (exact) mass is 345 g/mol. The summed E-state index contributed by atoms with van der Waals surface area (Å²) in [5.74, 6) is -0.0860. The van der Waals surface area contributed by atoms with Crippen LogP contribution in [0.15, 0.2) is 16.7 Å². The van der Waals surface area contributed by atoms with Gasteiger partial charge < -0.3 is 15.2 Å². The van der Waals surface area contributed by atoms with E-state index >= 15 is 0 Å². The van der Waals surface area contributed by atoms with Gasteiger partial charge in [-0.05, 0) is 25.3 Å². The van der Waals surface area contributed by atoms with Crippen molar-refractivity contribution in [1.29, 1.82) is 0 Å². The highest BCUT2D eigenvalue weighted by atomic mass is 16.5. The molecule has 0 spiro atoms. The number of carbonyl (C=O) groups is 2. The second-order valence-corrected chi connectivity index (χ2v) is 6.59. The number of carbonyl (C=O) groups excluding carboxylic acids is 2. The molecule has 2 atom stereocenters.